The summed E-state index contributed by atoms with van der Waals surface area (Å²) >= 11 is 0. The van der Waals surface area contributed by atoms with Gasteiger partial charge in [0.25, 0.3) is 0 Å². The molecule has 2 aromatic heterocycles. The Morgan fingerprint density at radius 3 is 2.50 bits per heavy atom. The van der Waals surface area contributed by atoms with Crippen molar-refractivity contribution in [2.75, 3.05) is 11.1 Å². The predicted molar refractivity (Wildman–Crippen MR) is 116 cm³/mol. The molecule has 3 aromatic rings. The van der Waals surface area contributed by atoms with E-state index in [1.807, 2.05) is 12.1 Å². The van der Waals surface area contributed by atoms with E-state index in [2.05, 4.69) is 15.3 Å². The van der Waals surface area contributed by atoms with Gasteiger partial charge in [0, 0.05) is 36.1 Å². The molecule has 3 rings (SSSR count). The molecule has 1 amide bonds. The molecule has 0 aliphatic heterocycles. The zero-order valence-corrected chi connectivity index (χ0v) is 17.2. The number of ketones is 1. The van der Waals surface area contributed by atoms with E-state index >= 15 is 0 Å². The van der Waals surface area contributed by atoms with Crippen LogP contribution in [0, 0.1) is 0 Å². The van der Waals surface area contributed by atoms with E-state index in [9.17, 15) is 9.59 Å². The number of ether oxygens (including phenoxy) is 1. The fourth-order valence-corrected chi connectivity index (χ4v) is 2.88. The maximum Gasteiger partial charge on any atom is 0.412 e. The van der Waals surface area contributed by atoms with Gasteiger partial charge >= 0.3 is 6.09 Å². The van der Waals surface area contributed by atoms with Crippen LogP contribution in [0.3, 0.4) is 0 Å². The number of carbonyl (C=O) groups excluding carboxylic acids is 2. The van der Waals surface area contributed by atoms with Crippen molar-refractivity contribution in [3.05, 3.63) is 72.2 Å². The number of Topliss-reactive ketones (excluding diaryl/α,β-unsaturated/α-hetero) is 1. The van der Waals surface area contributed by atoms with E-state index in [0.717, 1.165) is 5.56 Å². The van der Waals surface area contributed by atoms with Crippen LogP contribution in [0.4, 0.5) is 16.3 Å². The highest BCUT2D eigenvalue weighted by Gasteiger charge is 2.19. The number of para-hydroxylation sites is 1. The van der Waals surface area contributed by atoms with Gasteiger partial charge in [0.05, 0.1) is 11.3 Å². The summed E-state index contributed by atoms with van der Waals surface area (Å²) in [6.45, 7) is 5.38. The molecule has 0 bridgehead atoms. The number of pyridine rings is 2. The van der Waals surface area contributed by atoms with E-state index in [4.69, 9.17) is 10.5 Å². The minimum absolute atomic E-state index is 0.148. The summed E-state index contributed by atoms with van der Waals surface area (Å²) < 4.78 is 5.34. The van der Waals surface area contributed by atoms with Crippen molar-refractivity contribution in [2.24, 2.45) is 0 Å². The molecule has 0 spiro atoms. The lowest BCUT2D eigenvalue weighted by Crippen LogP contribution is -2.27. The first-order valence-corrected chi connectivity index (χ1v) is 9.50. The maximum absolute atomic E-state index is 12.8. The van der Waals surface area contributed by atoms with Crippen LogP contribution in [-0.2, 0) is 11.2 Å². The number of rotatable bonds is 5. The lowest BCUT2D eigenvalue weighted by Gasteiger charge is -2.20. The fraction of sp³-hybridized carbons (Fsp3) is 0.217. The number of nitrogens with zero attached hydrogens (tertiary/aromatic N) is 2. The maximum atomic E-state index is 12.8. The third kappa shape index (κ3) is 5.41. The highest BCUT2D eigenvalue weighted by atomic mass is 16.6. The molecule has 0 radical (unpaired) electrons. The van der Waals surface area contributed by atoms with Crippen molar-refractivity contribution in [2.45, 2.75) is 32.8 Å². The summed E-state index contributed by atoms with van der Waals surface area (Å²) in [6.07, 6.45) is 4.48. The van der Waals surface area contributed by atoms with Crippen molar-refractivity contribution in [1.82, 2.24) is 9.97 Å². The summed E-state index contributed by atoms with van der Waals surface area (Å²) in [6, 6.07) is 12.5. The lowest BCUT2D eigenvalue weighted by atomic mass is 9.99. The first-order valence-electron chi connectivity index (χ1n) is 9.50. The van der Waals surface area contributed by atoms with Gasteiger partial charge in [-0.05, 0) is 50.6 Å². The van der Waals surface area contributed by atoms with E-state index in [1.165, 1.54) is 0 Å². The minimum atomic E-state index is -0.617. The molecule has 0 aliphatic rings. The first kappa shape index (κ1) is 21.0. The average molecular weight is 404 g/mol. The summed E-state index contributed by atoms with van der Waals surface area (Å²) in [5.74, 6) is 0.0148. The number of amides is 1. The number of hydrogen-bond acceptors (Lipinski definition) is 6. The van der Waals surface area contributed by atoms with Gasteiger partial charge in [-0.25, -0.2) is 9.78 Å². The number of carbonyl (C=O) groups is 2. The Hall–Kier alpha value is -3.74. The van der Waals surface area contributed by atoms with Crippen LogP contribution in [0.1, 0.15) is 36.7 Å². The number of nitrogens with one attached hydrogen (secondary N) is 1. The van der Waals surface area contributed by atoms with Crippen LogP contribution in [0.5, 0.6) is 0 Å². The molecule has 7 heteroatoms. The minimum Gasteiger partial charge on any atom is -0.444 e. The number of benzene rings is 1. The quantitative estimate of drug-likeness (QED) is 0.606. The number of aromatic nitrogens is 2. The van der Waals surface area contributed by atoms with Gasteiger partial charge in [-0.15, -0.1) is 0 Å². The summed E-state index contributed by atoms with van der Waals surface area (Å²) in [4.78, 5) is 33.2. The number of nitrogen functional groups attached to an aromatic ring is 1. The van der Waals surface area contributed by atoms with Crippen molar-refractivity contribution >= 4 is 23.4 Å². The molecule has 30 heavy (non-hydrogen) atoms. The summed E-state index contributed by atoms with van der Waals surface area (Å²) in [5.41, 5.74) is 8.44. The molecule has 0 saturated heterocycles. The van der Waals surface area contributed by atoms with Crippen LogP contribution >= 0.6 is 0 Å². The molecule has 7 nitrogen and oxygen atoms in total. The molecule has 0 fully saturated rings. The molecular weight excluding hydrogens is 380 g/mol. The molecule has 3 N–H and O–H groups in total. The zero-order chi connectivity index (χ0) is 21.7. The van der Waals surface area contributed by atoms with E-state index in [0.29, 0.717) is 22.4 Å². The van der Waals surface area contributed by atoms with Crippen LogP contribution in [0.2, 0.25) is 0 Å². The van der Waals surface area contributed by atoms with Gasteiger partial charge in [-0.3, -0.25) is 15.1 Å². The van der Waals surface area contributed by atoms with Crippen LogP contribution in [0.15, 0.2) is 61.1 Å². The Balaban J connectivity index is 1.89. The van der Waals surface area contributed by atoms with Gasteiger partial charge in [0.15, 0.2) is 5.78 Å². The normalized spacial score (nSPS) is 11.0. The molecular formula is C23H24N4O3. The van der Waals surface area contributed by atoms with Gasteiger partial charge < -0.3 is 10.5 Å². The molecule has 0 atom stereocenters. The second-order valence-corrected chi connectivity index (χ2v) is 7.78. The topological polar surface area (TPSA) is 107 Å². The SMILES string of the molecule is CC(C)(C)OC(=O)Nc1ccccc1-c1cnc(N)c(C(=O)Cc2ccncc2)c1. The molecule has 154 valence electrons. The van der Waals surface area contributed by atoms with E-state index in [1.54, 1.807) is 69.7 Å². The molecule has 0 unspecified atom stereocenters. The monoisotopic (exact) mass is 404 g/mol. The number of anilines is 2. The standard InChI is InChI=1S/C23H24N4O3/c1-23(2,3)30-22(29)27-19-7-5-4-6-17(19)16-13-18(21(24)26-14-16)20(28)12-15-8-10-25-11-9-15/h4-11,13-14H,12H2,1-3H3,(H2,24,26)(H,27,29). The lowest BCUT2D eigenvalue weighted by molar-refractivity contribution is 0.0635. The fourth-order valence-electron chi connectivity index (χ4n) is 2.88. The van der Waals surface area contributed by atoms with Crippen molar-refractivity contribution < 1.29 is 14.3 Å². The second kappa shape index (κ2) is 8.73. The number of hydrogen-bond donors (Lipinski definition) is 2. The third-order valence-electron chi connectivity index (χ3n) is 4.21. The Morgan fingerprint density at radius 1 is 1.10 bits per heavy atom. The molecule has 1 aromatic carbocycles. The molecule has 0 aliphatic carbocycles. The highest BCUT2D eigenvalue weighted by molar-refractivity contribution is 6.02. The van der Waals surface area contributed by atoms with Crippen LogP contribution < -0.4 is 11.1 Å². The third-order valence-corrected chi connectivity index (χ3v) is 4.21. The largest absolute Gasteiger partial charge is 0.444 e. The van der Waals surface area contributed by atoms with Crippen molar-refractivity contribution in [1.29, 1.82) is 0 Å². The van der Waals surface area contributed by atoms with Gasteiger partial charge in [-0.2, -0.15) is 0 Å². The highest BCUT2D eigenvalue weighted by Crippen LogP contribution is 2.30. The van der Waals surface area contributed by atoms with E-state index < -0.39 is 11.7 Å². The number of nitrogens with two attached hydrogens (primary N) is 1. The molecule has 2 heterocycles. The van der Waals surface area contributed by atoms with E-state index in [-0.39, 0.29) is 18.0 Å². The van der Waals surface area contributed by atoms with Gasteiger partial charge in [0.2, 0.25) is 0 Å². The van der Waals surface area contributed by atoms with Crippen molar-refractivity contribution in [3.8, 4) is 11.1 Å². The van der Waals surface area contributed by atoms with Gasteiger partial charge in [0.1, 0.15) is 11.4 Å². The Kier molecular flexibility index (Phi) is 6.11. The second-order valence-electron chi connectivity index (χ2n) is 7.78. The van der Waals surface area contributed by atoms with Crippen LogP contribution in [0.25, 0.3) is 11.1 Å². The zero-order valence-electron chi connectivity index (χ0n) is 17.2. The first-order chi connectivity index (χ1) is 14.2. The Morgan fingerprint density at radius 2 is 1.80 bits per heavy atom. The Labute approximate surface area is 175 Å². The predicted octanol–water partition coefficient (Wildman–Crippen LogP) is 4.50. The van der Waals surface area contributed by atoms with Gasteiger partial charge in [-0.1, -0.05) is 18.2 Å². The summed E-state index contributed by atoms with van der Waals surface area (Å²) in [5, 5.41) is 2.76. The van der Waals surface area contributed by atoms with Crippen molar-refractivity contribution in [3.63, 3.8) is 0 Å². The summed E-state index contributed by atoms with van der Waals surface area (Å²) in [7, 11) is 0. The Bertz CT molecular complexity index is 1060. The van der Waals surface area contributed by atoms with Crippen LogP contribution in [-0.4, -0.2) is 27.4 Å². The molecule has 0 saturated carbocycles. The smallest absolute Gasteiger partial charge is 0.412 e. The average Bonchev–Trinajstić information content (AvgIpc) is 2.68.